The van der Waals surface area contributed by atoms with Gasteiger partial charge in [-0.2, -0.15) is 10.2 Å². The molecular weight excluding hydrogens is 336 g/mol. The van der Waals surface area contributed by atoms with E-state index >= 15 is 0 Å². The van der Waals surface area contributed by atoms with Crippen LogP contribution in [0.1, 0.15) is 47.2 Å². The molecule has 0 aliphatic heterocycles. The molecule has 2 aromatic rings. The molecule has 0 radical (unpaired) electrons. The normalized spacial score (nSPS) is 13.8. The van der Waals surface area contributed by atoms with Crippen LogP contribution in [0, 0.1) is 13.8 Å². The van der Waals surface area contributed by atoms with Gasteiger partial charge in [-0.15, -0.1) is 0 Å². The van der Waals surface area contributed by atoms with Gasteiger partial charge in [-0.05, 0) is 98.9 Å². The molecule has 3 rings (SSSR count). The van der Waals surface area contributed by atoms with Gasteiger partial charge < -0.3 is 0 Å². The Morgan fingerprint density at radius 1 is 0.815 bits per heavy atom. The summed E-state index contributed by atoms with van der Waals surface area (Å²) in [6.45, 7) is 7.14. The number of aryl methyl sites for hydroxylation is 4. The number of hydrogen-bond donors (Lipinski definition) is 0. The van der Waals surface area contributed by atoms with Crippen molar-refractivity contribution in [1.29, 1.82) is 0 Å². The first-order valence-electron chi connectivity index (χ1n) is 9.48. The van der Waals surface area contributed by atoms with Crippen molar-refractivity contribution in [1.82, 2.24) is 0 Å². The van der Waals surface area contributed by atoms with Crippen molar-refractivity contribution in [2.75, 3.05) is 0 Å². The number of hydrogen-bond acceptors (Lipinski definition) is 4. The maximum atomic E-state index is 11.6. The molecule has 0 aromatic heterocycles. The molecule has 4 nitrogen and oxygen atoms in total. The van der Waals surface area contributed by atoms with Crippen molar-refractivity contribution in [2.45, 2.75) is 59.4 Å². The minimum atomic E-state index is -1.00. The fraction of sp³-hybridized carbons (Fsp3) is 0.391. The third-order valence-corrected chi connectivity index (χ3v) is 5.55. The number of carbonyl (C=O) groups is 2. The number of nitrogens with zero attached hydrogens (tertiary/aromatic N) is 2. The van der Waals surface area contributed by atoms with E-state index in [9.17, 15) is 9.59 Å². The van der Waals surface area contributed by atoms with Gasteiger partial charge in [0, 0.05) is 0 Å². The number of rotatable bonds is 4. The predicted molar refractivity (Wildman–Crippen MR) is 107 cm³/mol. The highest BCUT2D eigenvalue weighted by Crippen LogP contribution is 2.28. The van der Waals surface area contributed by atoms with E-state index in [4.69, 9.17) is 0 Å². The highest BCUT2D eigenvalue weighted by atomic mass is 16.2. The number of fused-ring (bicyclic) bond motifs is 4. The second-order valence-corrected chi connectivity index (χ2v) is 7.43. The second kappa shape index (κ2) is 7.95. The molecule has 0 saturated carbocycles. The third kappa shape index (κ3) is 4.21. The van der Waals surface area contributed by atoms with Crippen LogP contribution in [0.3, 0.4) is 0 Å². The Morgan fingerprint density at radius 2 is 1.26 bits per heavy atom. The molecule has 0 heterocycles. The van der Waals surface area contributed by atoms with Gasteiger partial charge in [0.2, 0.25) is 0 Å². The molecule has 0 amide bonds. The molecule has 1 aliphatic carbocycles. The molecule has 1 aliphatic rings. The van der Waals surface area contributed by atoms with Crippen LogP contribution < -0.4 is 0 Å². The summed E-state index contributed by atoms with van der Waals surface area (Å²) < 4.78 is 0. The van der Waals surface area contributed by atoms with Crippen LogP contribution in [0.4, 0.5) is 5.69 Å². The Hall–Kier alpha value is -2.62. The smallest absolute Gasteiger partial charge is 0.187 e. The van der Waals surface area contributed by atoms with Gasteiger partial charge in [-0.1, -0.05) is 18.2 Å². The van der Waals surface area contributed by atoms with E-state index in [-0.39, 0.29) is 11.6 Å². The molecule has 0 atom stereocenters. The number of azo groups is 1. The van der Waals surface area contributed by atoms with E-state index in [1.165, 1.54) is 47.2 Å². The third-order valence-electron chi connectivity index (χ3n) is 5.55. The molecule has 0 unspecified atom stereocenters. The van der Waals surface area contributed by atoms with Gasteiger partial charge in [0.1, 0.15) is 0 Å². The Bertz CT molecular complexity index is 867. The summed E-state index contributed by atoms with van der Waals surface area (Å²) in [5.74, 6) is -0.552. The van der Waals surface area contributed by atoms with Crippen molar-refractivity contribution in [2.24, 2.45) is 10.2 Å². The zero-order valence-corrected chi connectivity index (χ0v) is 16.5. The molecule has 4 bridgehead atoms. The van der Waals surface area contributed by atoms with Crippen molar-refractivity contribution in [3.8, 4) is 0 Å². The van der Waals surface area contributed by atoms with Crippen LogP contribution in [0.2, 0.25) is 0 Å². The van der Waals surface area contributed by atoms with Crippen molar-refractivity contribution in [3.63, 3.8) is 0 Å². The molecule has 0 N–H and O–H groups in total. The average molecular weight is 362 g/mol. The van der Waals surface area contributed by atoms with Gasteiger partial charge in [-0.25, -0.2) is 0 Å². The summed E-state index contributed by atoms with van der Waals surface area (Å²) in [5, 5.41) is 8.27. The van der Waals surface area contributed by atoms with E-state index in [0.29, 0.717) is 0 Å². The van der Waals surface area contributed by atoms with E-state index in [1.54, 1.807) is 0 Å². The average Bonchev–Trinajstić information content (AvgIpc) is 2.61. The van der Waals surface area contributed by atoms with Crippen LogP contribution in [0.5, 0.6) is 0 Å². The summed E-state index contributed by atoms with van der Waals surface area (Å²) in [5.41, 5.74) is 8.76. The van der Waals surface area contributed by atoms with Gasteiger partial charge in [0.05, 0.1) is 5.69 Å². The number of Topliss-reactive ketones (excluding diaryl/α,β-unsaturated/α-hetero) is 2. The Kier molecular flexibility index (Phi) is 5.64. The van der Waals surface area contributed by atoms with Crippen LogP contribution in [0.25, 0.3) is 0 Å². The predicted octanol–water partition coefficient (Wildman–Crippen LogP) is 4.82. The maximum Gasteiger partial charge on any atom is 0.187 e. The molecule has 0 saturated heterocycles. The molecule has 2 aromatic carbocycles. The van der Waals surface area contributed by atoms with Crippen molar-refractivity contribution >= 4 is 17.3 Å². The largest absolute Gasteiger partial charge is 0.297 e. The Labute approximate surface area is 160 Å². The molecular formula is C23H26N2O2. The quantitative estimate of drug-likeness (QED) is 0.578. The van der Waals surface area contributed by atoms with Crippen LogP contribution in [0.15, 0.2) is 40.6 Å². The summed E-state index contributed by atoms with van der Waals surface area (Å²) in [6.07, 6.45) is 3.86. The van der Waals surface area contributed by atoms with E-state index in [1.807, 2.05) is 12.1 Å². The van der Waals surface area contributed by atoms with Crippen molar-refractivity contribution < 1.29 is 9.59 Å². The van der Waals surface area contributed by atoms with Crippen LogP contribution in [-0.4, -0.2) is 17.6 Å². The minimum Gasteiger partial charge on any atom is -0.297 e. The monoisotopic (exact) mass is 362 g/mol. The zero-order chi connectivity index (χ0) is 19.6. The highest BCUT2D eigenvalue weighted by molar-refractivity contribution is 6.04. The van der Waals surface area contributed by atoms with Gasteiger partial charge in [-0.3, -0.25) is 9.59 Å². The molecule has 140 valence electrons. The minimum absolute atomic E-state index is 0.276. The van der Waals surface area contributed by atoms with Crippen molar-refractivity contribution in [3.05, 3.63) is 63.7 Å². The summed E-state index contributed by atoms with van der Waals surface area (Å²) in [7, 11) is 0. The summed E-state index contributed by atoms with van der Waals surface area (Å²) in [6, 6.07) is 9.67. The van der Waals surface area contributed by atoms with E-state index in [2.05, 4.69) is 42.3 Å². The molecule has 0 fully saturated rings. The Morgan fingerprint density at radius 3 is 1.74 bits per heavy atom. The lowest BCUT2D eigenvalue weighted by Gasteiger charge is -2.18. The first kappa shape index (κ1) is 19.2. The fourth-order valence-corrected chi connectivity index (χ4v) is 3.79. The number of ketones is 2. The highest BCUT2D eigenvalue weighted by Gasteiger charge is 2.19. The molecule has 27 heavy (non-hydrogen) atoms. The van der Waals surface area contributed by atoms with Gasteiger partial charge >= 0.3 is 0 Å². The molecule has 4 heteroatoms. The lowest BCUT2D eigenvalue weighted by Crippen LogP contribution is -2.23. The van der Waals surface area contributed by atoms with Gasteiger partial charge in [0.15, 0.2) is 17.6 Å². The van der Waals surface area contributed by atoms with E-state index < -0.39 is 6.04 Å². The lowest BCUT2D eigenvalue weighted by molar-refractivity contribution is -0.126. The van der Waals surface area contributed by atoms with Crippen LogP contribution >= 0.6 is 0 Å². The Balaban J connectivity index is 1.96. The topological polar surface area (TPSA) is 58.9 Å². The van der Waals surface area contributed by atoms with Gasteiger partial charge in [0.25, 0.3) is 0 Å². The summed E-state index contributed by atoms with van der Waals surface area (Å²) >= 11 is 0. The summed E-state index contributed by atoms with van der Waals surface area (Å²) in [4.78, 5) is 23.2. The first-order valence-corrected chi connectivity index (χ1v) is 9.48. The standard InChI is InChI=1S/C23H26N2O2/c1-14-18-6-5-7-19(14)9-11-21-13-22(12-20(10-8-18)15(21)2)24-25-23(16(3)26)17(4)27/h5-7,12-13,23H,8-11H2,1-4H3. The maximum absolute atomic E-state index is 11.6. The van der Waals surface area contributed by atoms with Crippen LogP contribution in [-0.2, 0) is 35.3 Å². The second-order valence-electron chi connectivity index (χ2n) is 7.43. The number of carbonyl (C=O) groups excluding carboxylic acids is 2. The lowest BCUT2D eigenvalue weighted by atomic mass is 9.88. The number of benzene rings is 2. The zero-order valence-electron chi connectivity index (χ0n) is 16.5. The van der Waals surface area contributed by atoms with E-state index in [0.717, 1.165) is 31.4 Å². The molecule has 0 spiro atoms. The first-order chi connectivity index (χ1) is 12.9. The fourth-order valence-electron chi connectivity index (χ4n) is 3.79. The SMILES string of the molecule is CC(=O)C(N=Nc1cc2c(C)c(c1)CCc1cccc(c1C)CC2)C(C)=O.